The quantitative estimate of drug-likeness (QED) is 0.0793. The molecule has 36 heavy (non-hydrogen) atoms. The van der Waals surface area contributed by atoms with Crippen LogP contribution >= 0.6 is 11.8 Å². The lowest BCUT2D eigenvalue weighted by atomic mass is 10.0. The maximum absolute atomic E-state index is 11.6. The lowest BCUT2D eigenvalue weighted by molar-refractivity contribution is -0.138. The van der Waals surface area contributed by atoms with E-state index in [4.69, 9.17) is 0 Å². The highest BCUT2D eigenvalue weighted by molar-refractivity contribution is 7.99. The first-order valence-electron chi connectivity index (χ1n) is 16.1. The summed E-state index contributed by atoms with van der Waals surface area (Å²) in [5, 5.41) is 0.904. The van der Waals surface area contributed by atoms with Gasteiger partial charge in [0.25, 0.3) is 0 Å². The van der Waals surface area contributed by atoms with Crippen LogP contribution in [0.15, 0.2) is 0 Å². The molecule has 0 aromatic carbocycles. The second kappa shape index (κ2) is 24.8. The van der Waals surface area contributed by atoms with Crippen molar-refractivity contribution >= 4 is 23.6 Å². The molecular weight excluding hydrogens is 462 g/mol. The van der Waals surface area contributed by atoms with Gasteiger partial charge in [0.2, 0.25) is 11.8 Å². The van der Waals surface area contributed by atoms with E-state index in [9.17, 15) is 9.59 Å². The lowest BCUT2D eigenvalue weighted by Crippen LogP contribution is -2.29. The summed E-state index contributed by atoms with van der Waals surface area (Å²) >= 11 is 2.29. The van der Waals surface area contributed by atoms with Crippen molar-refractivity contribution in [3.8, 4) is 0 Å². The topological polar surface area (TPSA) is 37.4 Å². The second-order valence-electron chi connectivity index (χ2n) is 11.2. The number of amides is 2. The van der Waals surface area contributed by atoms with E-state index in [2.05, 4.69) is 25.6 Å². The maximum atomic E-state index is 11.6. The summed E-state index contributed by atoms with van der Waals surface area (Å²) in [7, 11) is 0. The molecule has 1 aliphatic rings. The summed E-state index contributed by atoms with van der Waals surface area (Å²) in [6.45, 7) is 5.25. The minimum absolute atomic E-state index is 0.0366. The Morgan fingerprint density at radius 1 is 0.556 bits per heavy atom. The number of nitrogens with zero attached hydrogens (tertiary/aromatic N) is 1. The fourth-order valence-electron chi connectivity index (χ4n) is 5.35. The van der Waals surface area contributed by atoms with Crippen molar-refractivity contribution in [3.63, 3.8) is 0 Å². The smallest absolute Gasteiger partial charge is 0.229 e. The van der Waals surface area contributed by atoms with Crippen molar-refractivity contribution in [3.05, 3.63) is 0 Å². The third-order valence-corrected chi connectivity index (χ3v) is 9.26. The molecule has 1 fully saturated rings. The van der Waals surface area contributed by atoms with Crippen LogP contribution in [0.1, 0.15) is 174 Å². The monoisotopic (exact) mass is 523 g/mol. The Hall–Kier alpha value is -0.510. The summed E-state index contributed by atoms with van der Waals surface area (Å²) < 4.78 is 0. The first kappa shape index (κ1) is 33.5. The van der Waals surface area contributed by atoms with Gasteiger partial charge in [0, 0.05) is 24.6 Å². The third-order valence-electron chi connectivity index (χ3n) is 7.79. The summed E-state index contributed by atoms with van der Waals surface area (Å²) in [5.74, 6) is 1.43. The van der Waals surface area contributed by atoms with Gasteiger partial charge >= 0.3 is 0 Å². The number of rotatable bonds is 27. The van der Waals surface area contributed by atoms with E-state index in [1.165, 1.54) is 145 Å². The predicted octanol–water partition coefficient (Wildman–Crippen LogP) is 10.2. The van der Waals surface area contributed by atoms with Crippen molar-refractivity contribution in [1.29, 1.82) is 0 Å². The third kappa shape index (κ3) is 18.7. The molecule has 0 spiro atoms. The van der Waals surface area contributed by atoms with Crippen molar-refractivity contribution in [2.75, 3.05) is 12.3 Å². The Morgan fingerprint density at radius 2 is 0.944 bits per heavy atom. The molecule has 0 bridgehead atoms. The molecular formula is C32H61NO2S. The second-order valence-corrected chi connectivity index (χ2v) is 12.6. The molecule has 0 radical (unpaired) electrons. The van der Waals surface area contributed by atoms with Crippen LogP contribution < -0.4 is 0 Å². The van der Waals surface area contributed by atoms with E-state index < -0.39 is 0 Å². The zero-order valence-electron chi connectivity index (χ0n) is 24.3. The first-order valence-corrected chi connectivity index (χ1v) is 17.2. The Morgan fingerprint density at radius 3 is 1.42 bits per heavy atom. The fourth-order valence-corrected chi connectivity index (χ4v) is 6.72. The standard InChI is InChI=1S/C32H61NO2S/c1-3-5-7-9-13-17-21-25-30(24-20-16-10-8-6-4-2)36-29-23-19-15-12-11-14-18-22-28-33-31(34)26-27-32(33)35/h30H,3-29H2,1-2H3. The van der Waals surface area contributed by atoms with Crippen LogP contribution in [-0.2, 0) is 9.59 Å². The largest absolute Gasteiger partial charge is 0.283 e. The van der Waals surface area contributed by atoms with Crippen molar-refractivity contribution < 1.29 is 9.59 Å². The van der Waals surface area contributed by atoms with Gasteiger partial charge in [0.1, 0.15) is 0 Å². The normalized spacial score (nSPS) is 14.8. The fraction of sp³-hybridized carbons (Fsp3) is 0.938. The van der Waals surface area contributed by atoms with Crippen molar-refractivity contribution in [2.45, 2.75) is 180 Å². The first-order chi connectivity index (χ1) is 17.7. The average molecular weight is 524 g/mol. The maximum Gasteiger partial charge on any atom is 0.229 e. The van der Waals surface area contributed by atoms with Crippen LogP contribution in [0, 0.1) is 0 Å². The predicted molar refractivity (Wildman–Crippen MR) is 160 cm³/mol. The summed E-state index contributed by atoms with van der Waals surface area (Å²) in [4.78, 5) is 24.7. The Kier molecular flexibility index (Phi) is 23.1. The summed E-state index contributed by atoms with van der Waals surface area (Å²) in [5.41, 5.74) is 0. The van der Waals surface area contributed by atoms with E-state index in [0.717, 1.165) is 18.1 Å². The van der Waals surface area contributed by atoms with Gasteiger partial charge in [0.15, 0.2) is 0 Å². The SMILES string of the molecule is CCCCCCCCCC(CCCCCCCC)SCCCCCCCCCCN1C(=O)CCC1=O. The highest BCUT2D eigenvalue weighted by Crippen LogP contribution is 2.26. The van der Waals surface area contributed by atoms with E-state index in [0.29, 0.717) is 19.4 Å². The number of carbonyl (C=O) groups excluding carboxylic acids is 2. The molecule has 1 rings (SSSR count). The molecule has 1 atom stereocenters. The van der Waals surface area contributed by atoms with Gasteiger partial charge in [0.05, 0.1) is 0 Å². The molecule has 0 N–H and O–H groups in total. The van der Waals surface area contributed by atoms with Crippen LogP contribution in [-0.4, -0.2) is 34.3 Å². The molecule has 1 saturated heterocycles. The van der Waals surface area contributed by atoms with E-state index in [1.54, 1.807) is 0 Å². The van der Waals surface area contributed by atoms with E-state index >= 15 is 0 Å². The minimum atomic E-state index is 0.0366. The summed E-state index contributed by atoms with van der Waals surface area (Å²) in [6.07, 6.45) is 32.4. The van der Waals surface area contributed by atoms with Crippen LogP contribution in [0.3, 0.4) is 0 Å². The number of thioether (sulfide) groups is 1. The molecule has 0 aromatic rings. The lowest BCUT2D eigenvalue weighted by Gasteiger charge is -2.17. The van der Waals surface area contributed by atoms with Gasteiger partial charge < -0.3 is 0 Å². The average Bonchev–Trinajstić information content (AvgIpc) is 3.20. The number of likely N-dealkylation sites (tertiary alicyclic amines) is 1. The number of carbonyl (C=O) groups is 2. The van der Waals surface area contributed by atoms with E-state index in [-0.39, 0.29) is 11.8 Å². The summed E-state index contributed by atoms with van der Waals surface area (Å²) in [6, 6.07) is 0. The molecule has 1 heterocycles. The highest BCUT2D eigenvalue weighted by atomic mass is 32.2. The molecule has 1 unspecified atom stereocenters. The van der Waals surface area contributed by atoms with Gasteiger partial charge in [-0.3, -0.25) is 14.5 Å². The molecule has 4 heteroatoms. The van der Waals surface area contributed by atoms with Crippen LogP contribution in [0.2, 0.25) is 0 Å². The minimum Gasteiger partial charge on any atom is -0.283 e. The van der Waals surface area contributed by atoms with Crippen molar-refractivity contribution in [1.82, 2.24) is 4.90 Å². The van der Waals surface area contributed by atoms with Gasteiger partial charge in [-0.25, -0.2) is 0 Å². The molecule has 1 aliphatic heterocycles. The Labute approximate surface area is 229 Å². The van der Waals surface area contributed by atoms with Gasteiger partial charge in [-0.2, -0.15) is 11.8 Å². The van der Waals surface area contributed by atoms with Crippen LogP contribution in [0.4, 0.5) is 0 Å². The van der Waals surface area contributed by atoms with Gasteiger partial charge in [-0.05, 0) is 31.4 Å². The molecule has 2 amide bonds. The molecule has 3 nitrogen and oxygen atoms in total. The highest BCUT2D eigenvalue weighted by Gasteiger charge is 2.27. The van der Waals surface area contributed by atoms with Crippen LogP contribution in [0.5, 0.6) is 0 Å². The van der Waals surface area contributed by atoms with Crippen LogP contribution in [0.25, 0.3) is 0 Å². The zero-order valence-corrected chi connectivity index (χ0v) is 25.2. The zero-order chi connectivity index (χ0) is 26.1. The molecule has 212 valence electrons. The number of imide groups is 1. The Balaban J connectivity index is 2.02. The number of hydrogen-bond donors (Lipinski definition) is 0. The van der Waals surface area contributed by atoms with Gasteiger partial charge in [-0.15, -0.1) is 0 Å². The van der Waals surface area contributed by atoms with Gasteiger partial charge in [-0.1, -0.05) is 136 Å². The van der Waals surface area contributed by atoms with Crippen molar-refractivity contribution in [2.24, 2.45) is 0 Å². The molecule has 0 aromatic heterocycles. The number of unbranched alkanes of at least 4 members (excludes halogenated alkanes) is 18. The molecule has 0 saturated carbocycles. The number of hydrogen-bond acceptors (Lipinski definition) is 3. The van der Waals surface area contributed by atoms with E-state index in [1.807, 2.05) is 0 Å². The molecule has 0 aliphatic carbocycles. The Bertz CT molecular complexity index is 508.